The van der Waals surface area contributed by atoms with Crippen molar-refractivity contribution < 1.29 is 0 Å². The molecule has 0 aliphatic heterocycles. The molecule has 0 amide bonds. The number of benzene rings is 10. The average molecular weight is 894 g/mol. The van der Waals surface area contributed by atoms with E-state index in [1.165, 1.54) is 78.8 Å². The minimum absolute atomic E-state index is 0.129. The predicted molar refractivity (Wildman–Crippen MR) is 294 cm³/mol. The molecule has 1 saturated carbocycles. The number of hydrogen-bond donors (Lipinski definition) is 1. The van der Waals surface area contributed by atoms with Crippen LogP contribution in [0.15, 0.2) is 224 Å². The Bertz CT molecular complexity index is 3320. The molecule has 0 radical (unpaired) electrons. The highest BCUT2D eigenvalue weighted by Gasteiger charge is 2.37. The highest BCUT2D eigenvalue weighted by Crippen LogP contribution is 2.47. The van der Waals surface area contributed by atoms with Gasteiger partial charge < -0.3 is 15.1 Å². The van der Waals surface area contributed by atoms with Gasteiger partial charge >= 0.3 is 0 Å². The van der Waals surface area contributed by atoms with Crippen molar-refractivity contribution in [2.24, 2.45) is 17.8 Å². The molecule has 3 nitrogen and oxygen atoms in total. The number of nitrogens with zero attached hydrogens (tertiary/aromatic N) is 2. The van der Waals surface area contributed by atoms with Gasteiger partial charge in [0, 0.05) is 62.6 Å². The second kappa shape index (κ2) is 17.2. The van der Waals surface area contributed by atoms with Crippen LogP contribution in [0, 0.1) is 17.8 Å². The summed E-state index contributed by atoms with van der Waals surface area (Å²) >= 11 is 0. The van der Waals surface area contributed by atoms with Crippen LogP contribution in [0.5, 0.6) is 0 Å². The Labute approximate surface area is 407 Å². The minimum atomic E-state index is -0.129. The Morgan fingerprint density at radius 3 is 1.39 bits per heavy atom. The summed E-state index contributed by atoms with van der Waals surface area (Å²) in [6.07, 6.45) is 7.52. The molecule has 0 spiro atoms. The van der Waals surface area contributed by atoms with Crippen LogP contribution in [0.3, 0.4) is 0 Å². The summed E-state index contributed by atoms with van der Waals surface area (Å²) in [6.45, 7) is 10.2. The summed E-state index contributed by atoms with van der Waals surface area (Å²) in [5.41, 5.74) is 12.9. The standard InChI is InChI=1S/C66H59N3/c1-65(2,51-14-7-5-8-15-51)53-24-32-58(33-25-53)69(59-34-26-54(27-35-59)66(3,4)52-16-9-6-10-17-52)60-38-30-56(31-39-60)67-55-28-36-57(37-29-55)68(44-50-43-45-18-19-49(50)42-45)62-41-23-48-21-20-46-12-11-13-47-22-40-61(62)64(48)63(46)47/h5-41,45,49-50,67H,42-44H2,1-4H3/t45?,49?,50-/m1/s1. The highest BCUT2D eigenvalue weighted by molar-refractivity contribution is 6.25. The van der Waals surface area contributed by atoms with Crippen LogP contribution in [0.2, 0.25) is 0 Å². The number of fused-ring (bicyclic) bond motifs is 2. The number of hydrogen-bond acceptors (Lipinski definition) is 3. The first-order valence-electron chi connectivity index (χ1n) is 24.9. The maximum absolute atomic E-state index is 3.75. The lowest BCUT2D eigenvalue weighted by Crippen LogP contribution is -2.27. The normalized spacial score (nSPS) is 16.7. The quantitative estimate of drug-likeness (QED) is 0.0919. The van der Waals surface area contributed by atoms with E-state index in [0.29, 0.717) is 11.8 Å². The maximum Gasteiger partial charge on any atom is 0.0491 e. The van der Waals surface area contributed by atoms with E-state index in [1.807, 2.05) is 0 Å². The van der Waals surface area contributed by atoms with E-state index in [9.17, 15) is 0 Å². The molecule has 2 bridgehead atoms. The number of rotatable bonds is 13. The first-order valence-corrected chi connectivity index (χ1v) is 24.9. The van der Waals surface area contributed by atoms with Gasteiger partial charge in [0.2, 0.25) is 0 Å². The third-order valence-electron chi connectivity index (χ3n) is 15.9. The van der Waals surface area contributed by atoms with Gasteiger partial charge in [-0.3, -0.25) is 0 Å². The fourth-order valence-corrected chi connectivity index (χ4v) is 11.8. The van der Waals surface area contributed by atoms with E-state index in [4.69, 9.17) is 0 Å². The van der Waals surface area contributed by atoms with Gasteiger partial charge in [-0.2, -0.15) is 0 Å². The van der Waals surface area contributed by atoms with Gasteiger partial charge in [0.25, 0.3) is 0 Å². The Kier molecular flexibility index (Phi) is 10.6. The van der Waals surface area contributed by atoms with Crippen LogP contribution >= 0.6 is 0 Å². The van der Waals surface area contributed by atoms with Crippen molar-refractivity contribution in [2.75, 3.05) is 21.7 Å². The van der Waals surface area contributed by atoms with Crippen LogP contribution in [0.25, 0.3) is 32.3 Å². The van der Waals surface area contributed by atoms with Crippen molar-refractivity contribution in [3.63, 3.8) is 0 Å². The summed E-state index contributed by atoms with van der Waals surface area (Å²) in [4.78, 5) is 4.99. The molecule has 1 N–H and O–H groups in total. The molecule has 12 rings (SSSR count). The van der Waals surface area contributed by atoms with Gasteiger partial charge in [-0.15, -0.1) is 0 Å². The minimum Gasteiger partial charge on any atom is -0.356 e. The zero-order valence-corrected chi connectivity index (χ0v) is 40.1. The van der Waals surface area contributed by atoms with E-state index in [1.54, 1.807) is 0 Å². The Morgan fingerprint density at radius 2 is 0.884 bits per heavy atom. The SMILES string of the molecule is CC(C)(c1ccccc1)c1ccc(N(c2ccc(Nc3ccc(N(C[C@H]4CC5C=CC4C5)c4ccc5ccc6cccc7ccc4c5c67)cc3)cc2)c2ccc(C(C)(C)c3ccccc3)cc2)cc1. The fourth-order valence-electron chi connectivity index (χ4n) is 11.8. The molecule has 1 fully saturated rings. The zero-order valence-electron chi connectivity index (χ0n) is 40.1. The van der Waals surface area contributed by atoms with Gasteiger partial charge in [0.1, 0.15) is 0 Å². The van der Waals surface area contributed by atoms with E-state index in [0.717, 1.165) is 40.9 Å². The smallest absolute Gasteiger partial charge is 0.0491 e. The summed E-state index contributed by atoms with van der Waals surface area (Å²) < 4.78 is 0. The lowest BCUT2D eigenvalue weighted by atomic mass is 9.78. The van der Waals surface area contributed by atoms with Crippen molar-refractivity contribution in [2.45, 2.75) is 51.4 Å². The summed E-state index contributed by atoms with van der Waals surface area (Å²) in [7, 11) is 0. The van der Waals surface area contributed by atoms with Crippen LogP contribution in [-0.4, -0.2) is 6.54 Å². The molecular weight excluding hydrogens is 835 g/mol. The van der Waals surface area contributed by atoms with Crippen molar-refractivity contribution in [1.29, 1.82) is 0 Å². The maximum atomic E-state index is 3.75. The van der Waals surface area contributed by atoms with Crippen molar-refractivity contribution in [3.8, 4) is 0 Å². The van der Waals surface area contributed by atoms with Crippen molar-refractivity contribution in [3.05, 3.63) is 247 Å². The van der Waals surface area contributed by atoms with Gasteiger partial charge in [-0.1, -0.05) is 173 Å². The van der Waals surface area contributed by atoms with Gasteiger partial charge in [0.15, 0.2) is 0 Å². The van der Waals surface area contributed by atoms with Crippen molar-refractivity contribution in [1.82, 2.24) is 0 Å². The monoisotopic (exact) mass is 893 g/mol. The Morgan fingerprint density at radius 1 is 0.420 bits per heavy atom. The number of allylic oxidation sites excluding steroid dienone is 2. The lowest BCUT2D eigenvalue weighted by molar-refractivity contribution is 0.456. The van der Waals surface area contributed by atoms with Gasteiger partial charge in [-0.05, 0) is 159 Å². The molecule has 338 valence electrons. The van der Waals surface area contributed by atoms with Gasteiger partial charge in [-0.25, -0.2) is 0 Å². The molecule has 3 heteroatoms. The number of anilines is 7. The molecule has 0 saturated heterocycles. The van der Waals surface area contributed by atoms with Crippen molar-refractivity contribution >= 4 is 72.1 Å². The third kappa shape index (κ3) is 7.80. The first-order chi connectivity index (χ1) is 33.7. The zero-order chi connectivity index (χ0) is 46.7. The van der Waals surface area contributed by atoms with E-state index >= 15 is 0 Å². The lowest BCUT2D eigenvalue weighted by Gasteiger charge is -2.32. The first kappa shape index (κ1) is 42.7. The second-order valence-electron chi connectivity index (χ2n) is 20.7. The van der Waals surface area contributed by atoms with E-state index < -0.39 is 0 Å². The highest BCUT2D eigenvalue weighted by atomic mass is 15.1. The number of nitrogens with one attached hydrogen (secondary N) is 1. The molecule has 69 heavy (non-hydrogen) atoms. The van der Waals surface area contributed by atoms with E-state index in [-0.39, 0.29) is 10.8 Å². The molecule has 3 atom stereocenters. The molecule has 2 aliphatic carbocycles. The van der Waals surface area contributed by atoms with Crippen LogP contribution in [0.1, 0.15) is 62.8 Å². The average Bonchev–Trinajstić information content (AvgIpc) is 4.03. The molecule has 0 heterocycles. The largest absolute Gasteiger partial charge is 0.356 e. The molecule has 2 aliphatic rings. The molecule has 10 aromatic carbocycles. The van der Waals surface area contributed by atoms with Crippen LogP contribution < -0.4 is 15.1 Å². The van der Waals surface area contributed by atoms with Gasteiger partial charge in [0.05, 0.1) is 0 Å². The predicted octanol–water partition coefficient (Wildman–Crippen LogP) is 17.8. The molecule has 0 aromatic heterocycles. The Hall–Kier alpha value is -7.62. The summed E-state index contributed by atoms with van der Waals surface area (Å²) in [6, 6.07) is 78.5. The third-order valence-corrected chi connectivity index (χ3v) is 15.9. The van der Waals surface area contributed by atoms with Crippen LogP contribution in [0.4, 0.5) is 39.8 Å². The fraction of sp³-hybridized carbons (Fsp3) is 0.182. The molecular formula is C66H59N3. The molecule has 2 unspecified atom stereocenters. The summed E-state index contributed by atoms with van der Waals surface area (Å²) in [5, 5.41) is 11.7. The second-order valence-corrected chi connectivity index (χ2v) is 20.7. The summed E-state index contributed by atoms with van der Waals surface area (Å²) in [5.74, 6) is 2.02. The molecule has 10 aromatic rings. The van der Waals surface area contributed by atoms with Crippen LogP contribution in [-0.2, 0) is 10.8 Å². The topological polar surface area (TPSA) is 18.5 Å². The Balaban J connectivity index is 0.845. The van der Waals surface area contributed by atoms with E-state index in [2.05, 4.69) is 267 Å².